The van der Waals surface area contributed by atoms with Crippen LogP contribution in [0.15, 0.2) is 40.2 Å². The lowest BCUT2D eigenvalue weighted by Crippen LogP contribution is -2.37. The lowest BCUT2D eigenvalue weighted by atomic mass is 10.1. The molecule has 2 heterocycles. The molecule has 3 rings (SSSR count). The van der Waals surface area contributed by atoms with Crippen molar-refractivity contribution in [2.45, 2.75) is 25.8 Å². The number of amides is 1. The van der Waals surface area contributed by atoms with E-state index < -0.39 is 5.69 Å². The summed E-state index contributed by atoms with van der Waals surface area (Å²) >= 11 is 0. The molecule has 0 aliphatic heterocycles. The van der Waals surface area contributed by atoms with Crippen molar-refractivity contribution in [1.82, 2.24) is 24.0 Å². The van der Waals surface area contributed by atoms with Crippen molar-refractivity contribution < 1.29 is 9.53 Å². The first-order chi connectivity index (χ1) is 13.9. The van der Waals surface area contributed by atoms with Gasteiger partial charge in [-0.1, -0.05) is 12.1 Å². The number of aromatic nitrogens is 4. The van der Waals surface area contributed by atoms with Crippen LogP contribution in [-0.2, 0) is 31.9 Å². The van der Waals surface area contributed by atoms with Gasteiger partial charge in [0.1, 0.15) is 5.75 Å². The largest absolute Gasteiger partial charge is 0.497 e. The van der Waals surface area contributed by atoms with Crippen LogP contribution in [-0.4, -0.2) is 38.2 Å². The van der Waals surface area contributed by atoms with Gasteiger partial charge in [0.2, 0.25) is 5.91 Å². The van der Waals surface area contributed by atoms with E-state index >= 15 is 0 Å². The minimum absolute atomic E-state index is 0.0387. The van der Waals surface area contributed by atoms with E-state index in [-0.39, 0.29) is 11.5 Å². The van der Waals surface area contributed by atoms with Gasteiger partial charge in [0.15, 0.2) is 11.2 Å². The quantitative estimate of drug-likeness (QED) is 0.597. The Morgan fingerprint density at radius 3 is 2.55 bits per heavy atom. The van der Waals surface area contributed by atoms with Gasteiger partial charge in [-0.05, 0) is 30.5 Å². The Hall–Kier alpha value is -3.36. The fourth-order valence-electron chi connectivity index (χ4n) is 3.20. The summed E-state index contributed by atoms with van der Waals surface area (Å²) in [5, 5.41) is 2.91. The fraction of sp³-hybridized carbons (Fsp3) is 0.400. The number of imidazole rings is 1. The first kappa shape index (κ1) is 20.4. The molecular weight excluding hydrogens is 374 g/mol. The van der Waals surface area contributed by atoms with Gasteiger partial charge in [0.25, 0.3) is 5.56 Å². The van der Waals surface area contributed by atoms with Gasteiger partial charge >= 0.3 is 5.69 Å². The molecule has 1 N–H and O–H groups in total. The molecular formula is C20H25N5O4. The van der Waals surface area contributed by atoms with Crippen LogP contribution in [0.25, 0.3) is 11.2 Å². The zero-order valence-electron chi connectivity index (χ0n) is 16.8. The minimum atomic E-state index is -0.413. The molecule has 0 saturated carbocycles. The Morgan fingerprint density at radius 2 is 1.86 bits per heavy atom. The second kappa shape index (κ2) is 8.76. The van der Waals surface area contributed by atoms with Crippen molar-refractivity contribution in [3.63, 3.8) is 0 Å². The zero-order valence-corrected chi connectivity index (χ0v) is 16.8. The lowest BCUT2D eigenvalue weighted by molar-refractivity contribution is -0.121. The number of hydrogen-bond acceptors (Lipinski definition) is 5. The molecule has 2 aromatic heterocycles. The van der Waals surface area contributed by atoms with Crippen LogP contribution in [0, 0.1) is 0 Å². The average molecular weight is 399 g/mol. The molecule has 29 heavy (non-hydrogen) atoms. The van der Waals surface area contributed by atoms with E-state index in [1.165, 1.54) is 17.9 Å². The molecule has 1 amide bonds. The average Bonchev–Trinajstić information content (AvgIpc) is 3.15. The van der Waals surface area contributed by atoms with Gasteiger partial charge < -0.3 is 14.6 Å². The minimum Gasteiger partial charge on any atom is -0.497 e. The number of carbonyl (C=O) groups is 1. The van der Waals surface area contributed by atoms with E-state index in [1.54, 1.807) is 18.7 Å². The number of aryl methyl sites for hydroxylation is 2. The Balaban J connectivity index is 1.51. The second-order valence-corrected chi connectivity index (χ2v) is 6.87. The van der Waals surface area contributed by atoms with Crippen LogP contribution in [0.3, 0.4) is 0 Å². The third-order valence-corrected chi connectivity index (χ3v) is 4.91. The SMILES string of the molecule is COc1ccc(CCNC(=O)CCCn2cnc3c2c(=O)n(C)c(=O)n3C)cc1. The van der Waals surface area contributed by atoms with Crippen LogP contribution in [0.2, 0.25) is 0 Å². The van der Waals surface area contributed by atoms with Gasteiger partial charge in [-0.15, -0.1) is 0 Å². The summed E-state index contributed by atoms with van der Waals surface area (Å²) in [4.78, 5) is 40.6. The molecule has 0 saturated heterocycles. The van der Waals surface area contributed by atoms with Gasteiger partial charge in [-0.25, -0.2) is 9.78 Å². The van der Waals surface area contributed by atoms with Crippen molar-refractivity contribution >= 4 is 17.1 Å². The van der Waals surface area contributed by atoms with E-state index in [9.17, 15) is 14.4 Å². The highest BCUT2D eigenvalue weighted by molar-refractivity contribution is 5.75. The summed E-state index contributed by atoms with van der Waals surface area (Å²) in [6.07, 6.45) is 3.18. The summed E-state index contributed by atoms with van der Waals surface area (Å²) in [6.45, 7) is 1.03. The van der Waals surface area contributed by atoms with E-state index in [2.05, 4.69) is 10.3 Å². The van der Waals surface area contributed by atoms with Crippen LogP contribution in [0.5, 0.6) is 5.75 Å². The predicted molar refractivity (Wildman–Crippen MR) is 109 cm³/mol. The number of benzene rings is 1. The second-order valence-electron chi connectivity index (χ2n) is 6.87. The monoisotopic (exact) mass is 399 g/mol. The van der Waals surface area contributed by atoms with Crippen molar-refractivity contribution in [2.24, 2.45) is 14.1 Å². The maximum absolute atomic E-state index is 12.4. The van der Waals surface area contributed by atoms with Crippen LogP contribution in [0.1, 0.15) is 18.4 Å². The maximum Gasteiger partial charge on any atom is 0.332 e. The topological polar surface area (TPSA) is 100 Å². The molecule has 0 bridgehead atoms. The fourth-order valence-corrected chi connectivity index (χ4v) is 3.20. The van der Waals surface area contributed by atoms with Gasteiger partial charge in [0.05, 0.1) is 13.4 Å². The lowest BCUT2D eigenvalue weighted by Gasteiger charge is -2.08. The number of rotatable bonds is 8. The molecule has 0 aliphatic rings. The molecule has 0 aliphatic carbocycles. The number of fused-ring (bicyclic) bond motifs is 1. The third-order valence-electron chi connectivity index (χ3n) is 4.91. The molecule has 0 atom stereocenters. The summed E-state index contributed by atoms with van der Waals surface area (Å²) < 4.78 is 9.23. The highest BCUT2D eigenvalue weighted by Crippen LogP contribution is 2.11. The number of hydrogen-bond donors (Lipinski definition) is 1. The number of carbonyl (C=O) groups excluding carboxylic acids is 1. The van der Waals surface area contributed by atoms with Gasteiger partial charge in [-0.3, -0.25) is 18.7 Å². The van der Waals surface area contributed by atoms with Crippen molar-refractivity contribution in [3.05, 3.63) is 57.0 Å². The van der Waals surface area contributed by atoms with Crippen molar-refractivity contribution in [3.8, 4) is 5.75 Å². The smallest absolute Gasteiger partial charge is 0.332 e. The number of nitrogens with zero attached hydrogens (tertiary/aromatic N) is 4. The van der Waals surface area contributed by atoms with E-state index in [4.69, 9.17) is 4.74 Å². The molecule has 1 aromatic carbocycles. The van der Waals surface area contributed by atoms with Gasteiger partial charge in [0, 0.05) is 33.6 Å². The first-order valence-corrected chi connectivity index (χ1v) is 9.43. The molecule has 154 valence electrons. The highest BCUT2D eigenvalue weighted by atomic mass is 16.5. The number of methoxy groups -OCH3 is 1. The molecule has 0 spiro atoms. The number of nitrogens with one attached hydrogen (secondary N) is 1. The Bertz CT molecular complexity index is 1120. The molecule has 0 fully saturated rings. The normalized spacial score (nSPS) is 11.0. The van der Waals surface area contributed by atoms with E-state index in [1.807, 2.05) is 24.3 Å². The molecule has 9 heteroatoms. The Morgan fingerprint density at radius 1 is 1.14 bits per heavy atom. The summed E-state index contributed by atoms with van der Waals surface area (Å²) in [6, 6.07) is 7.74. The summed E-state index contributed by atoms with van der Waals surface area (Å²) in [5.41, 5.74) is 1.04. The van der Waals surface area contributed by atoms with Crippen molar-refractivity contribution in [1.29, 1.82) is 0 Å². The highest BCUT2D eigenvalue weighted by Gasteiger charge is 2.14. The van der Waals surface area contributed by atoms with Crippen LogP contribution >= 0.6 is 0 Å². The Labute approximate surface area is 167 Å². The summed E-state index contributed by atoms with van der Waals surface area (Å²) in [7, 11) is 4.65. The Kier molecular flexibility index (Phi) is 6.16. The van der Waals surface area contributed by atoms with E-state index in [0.29, 0.717) is 37.1 Å². The van der Waals surface area contributed by atoms with Gasteiger partial charge in [-0.2, -0.15) is 0 Å². The van der Waals surface area contributed by atoms with E-state index in [0.717, 1.165) is 22.3 Å². The molecule has 0 radical (unpaired) electrons. The van der Waals surface area contributed by atoms with Crippen molar-refractivity contribution in [2.75, 3.05) is 13.7 Å². The van der Waals surface area contributed by atoms with Crippen LogP contribution < -0.4 is 21.3 Å². The van der Waals surface area contributed by atoms with Crippen LogP contribution in [0.4, 0.5) is 0 Å². The number of ether oxygens (including phenoxy) is 1. The molecule has 3 aromatic rings. The molecule has 9 nitrogen and oxygen atoms in total. The first-order valence-electron chi connectivity index (χ1n) is 9.43. The standard InChI is InChI=1S/C20H25N5O4/c1-23-18-17(19(27)24(2)20(23)28)25(13-22-18)12-4-5-16(26)21-11-10-14-6-8-15(29-3)9-7-14/h6-9,13H,4-5,10-12H2,1-3H3,(H,21,26). The molecule has 0 unspecified atom stereocenters. The maximum atomic E-state index is 12.4. The third kappa shape index (κ3) is 4.39. The predicted octanol–water partition coefficient (Wildman–Crippen LogP) is 0.581. The summed E-state index contributed by atoms with van der Waals surface area (Å²) in [5.74, 6) is 0.767. The zero-order chi connectivity index (χ0) is 21.0.